The second-order valence-electron chi connectivity index (χ2n) is 10.7. The molecule has 2 aliphatic rings. The quantitative estimate of drug-likeness (QED) is 0.511. The molecule has 0 bridgehead atoms. The molecule has 1 heterocycles. The highest BCUT2D eigenvalue weighted by Gasteiger charge is 2.40. The average Bonchev–Trinajstić information content (AvgIpc) is 2.92. The molecule has 2 aromatic rings. The van der Waals surface area contributed by atoms with E-state index in [-0.39, 0.29) is 35.9 Å². The molecule has 1 N–H and O–H groups in total. The van der Waals surface area contributed by atoms with Crippen molar-refractivity contribution in [3.05, 3.63) is 70.8 Å². The number of likely N-dealkylation sites (tertiary alicyclic amines) is 1. The van der Waals surface area contributed by atoms with Crippen molar-refractivity contribution in [2.45, 2.75) is 63.2 Å². The average molecular weight is 566 g/mol. The number of nitrogens with zero attached hydrogens (tertiary/aromatic N) is 2. The van der Waals surface area contributed by atoms with E-state index in [0.29, 0.717) is 56.3 Å². The number of rotatable bonds is 5. The van der Waals surface area contributed by atoms with Gasteiger partial charge in [-0.25, -0.2) is 8.78 Å². The van der Waals surface area contributed by atoms with Gasteiger partial charge in [0.05, 0.1) is 5.56 Å². The topological polar surface area (TPSA) is 69.7 Å². The Bertz CT molecular complexity index is 1240. The van der Waals surface area contributed by atoms with Crippen LogP contribution >= 0.6 is 0 Å². The molecule has 11 heteroatoms. The number of hydrogen-bond donors (Lipinski definition) is 1. The normalized spacial score (nSPS) is 23.4. The Balaban J connectivity index is 1.53. The molecule has 1 saturated heterocycles. The molecular formula is C29H32F5N3O3. The van der Waals surface area contributed by atoms with Crippen molar-refractivity contribution >= 4 is 17.7 Å². The Hall–Kier alpha value is -3.50. The number of amides is 3. The highest BCUT2D eigenvalue weighted by atomic mass is 19.4. The second-order valence-corrected chi connectivity index (χ2v) is 10.7. The Morgan fingerprint density at radius 3 is 2.20 bits per heavy atom. The third kappa shape index (κ3) is 6.62. The van der Waals surface area contributed by atoms with Gasteiger partial charge in [-0.1, -0.05) is 12.1 Å². The predicted molar refractivity (Wildman–Crippen MR) is 137 cm³/mol. The van der Waals surface area contributed by atoms with Crippen LogP contribution in [-0.4, -0.2) is 59.7 Å². The van der Waals surface area contributed by atoms with Gasteiger partial charge in [0.15, 0.2) is 0 Å². The van der Waals surface area contributed by atoms with E-state index in [4.69, 9.17) is 0 Å². The van der Waals surface area contributed by atoms with Crippen molar-refractivity contribution in [1.82, 2.24) is 15.1 Å². The maximum absolute atomic E-state index is 13.8. The number of likely N-dealkylation sites (N-methyl/N-ethyl adjacent to an activating group) is 1. The molecule has 2 aromatic carbocycles. The Kier molecular flexibility index (Phi) is 8.80. The molecule has 3 amide bonds. The van der Waals surface area contributed by atoms with Gasteiger partial charge in [0, 0.05) is 56.5 Å². The molecule has 6 nitrogen and oxygen atoms in total. The van der Waals surface area contributed by atoms with E-state index in [1.54, 1.807) is 17.0 Å². The van der Waals surface area contributed by atoms with Crippen molar-refractivity contribution in [2.24, 2.45) is 5.92 Å². The van der Waals surface area contributed by atoms with Crippen LogP contribution in [0.4, 0.5) is 22.0 Å². The lowest BCUT2D eigenvalue weighted by molar-refractivity contribution is -0.140. The first-order valence-corrected chi connectivity index (χ1v) is 13.3. The van der Waals surface area contributed by atoms with Gasteiger partial charge < -0.3 is 15.1 Å². The molecule has 1 aliphatic carbocycles. The van der Waals surface area contributed by atoms with Crippen molar-refractivity contribution < 1.29 is 36.3 Å². The summed E-state index contributed by atoms with van der Waals surface area (Å²) in [6.45, 7) is 2.04. The minimum Gasteiger partial charge on any atom is -0.354 e. The molecule has 2 fully saturated rings. The molecule has 4 rings (SSSR count). The number of hydrogen-bond acceptors (Lipinski definition) is 3. The molecule has 0 radical (unpaired) electrons. The lowest BCUT2D eigenvalue weighted by atomic mass is 9.82. The fourth-order valence-corrected chi connectivity index (χ4v) is 5.90. The smallest absolute Gasteiger partial charge is 0.354 e. The van der Waals surface area contributed by atoms with Crippen LogP contribution in [0.2, 0.25) is 0 Å². The Labute approximate surface area is 229 Å². The SMILES string of the molecule is CC(=O)N[C@H]1CC[C@H](C(=O)N2CC[C@@H](N(C)C(=O)c3ccc(F)c(C(F)(F)F)c3)[C@H](c3ccc(F)cc3)C2)CC1. The van der Waals surface area contributed by atoms with Crippen molar-refractivity contribution in [3.8, 4) is 0 Å². The summed E-state index contributed by atoms with van der Waals surface area (Å²) in [5.41, 5.74) is -1.13. The summed E-state index contributed by atoms with van der Waals surface area (Å²) in [5.74, 6) is -3.37. The predicted octanol–water partition coefficient (Wildman–Crippen LogP) is 5.14. The Morgan fingerprint density at radius 1 is 0.950 bits per heavy atom. The number of alkyl halides is 3. The van der Waals surface area contributed by atoms with Crippen LogP contribution in [0, 0.1) is 17.6 Å². The van der Waals surface area contributed by atoms with Crippen molar-refractivity contribution in [2.75, 3.05) is 20.1 Å². The number of carbonyl (C=O) groups excluding carboxylic acids is 3. The maximum atomic E-state index is 13.8. The lowest BCUT2D eigenvalue weighted by Crippen LogP contribution is -2.53. The first kappa shape index (κ1) is 29.5. The number of benzene rings is 2. The van der Waals surface area contributed by atoms with Crippen LogP contribution in [0.1, 0.15) is 66.4 Å². The Morgan fingerprint density at radius 2 is 1.60 bits per heavy atom. The van der Waals surface area contributed by atoms with Crippen LogP contribution < -0.4 is 5.32 Å². The van der Waals surface area contributed by atoms with Crippen molar-refractivity contribution in [1.29, 1.82) is 0 Å². The monoisotopic (exact) mass is 565 g/mol. The van der Waals surface area contributed by atoms with Crippen LogP contribution in [0.5, 0.6) is 0 Å². The van der Waals surface area contributed by atoms with Gasteiger partial charge >= 0.3 is 6.18 Å². The first-order chi connectivity index (χ1) is 18.8. The lowest BCUT2D eigenvalue weighted by Gasteiger charge is -2.44. The molecule has 216 valence electrons. The summed E-state index contributed by atoms with van der Waals surface area (Å²) in [4.78, 5) is 41.2. The number of piperidine rings is 1. The third-order valence-corrected chi connectivity index (χ3v) is 8.01. The summed E-state index contributed by atoms with van der Waals surface area (Å²) >= 11 is 0. The molecular weight excluding hydrogens is 533 g/mol. The summed E-state index contributed by atoms with van der Waals surface area (Å²) in [5, 5.41) is 2.90. The second kappa shape index (κ2) is 11.9. The molecule has 0 spiro atoms. The highest BCUT2D eigenvalue weighted by Crippen LogP contribution is 2.36. The van der Waals surface area contributed by atoms with Crippen LogP contribution in [0.15, 0.2) is 42.5 Å². The summed E-state index contributed by atoms with van der Waals surface area (Å²) in [6.07, 6.45) is -1.94. The van der Waals surface area contributed by atoms with Crippen LogP contribution in [0.25, 0.3) is 0 Å². The standard InChI is InChI=1S/C29H32F5N3O3/c1-17(38)35-22-10-5-19(6-11-22)28(40)37-14-13-26(23(16-37)18-3-8-21(30)9-4-18)36(2)27(39)20-7-12-25(31)24(15-20)29(32,33)34/h3-4,7-9,12,15,19,22-23,26H,5-6,10-11,13-14,16H2,1-2H3,(H,35,38)/t19-,22-,23-,26+/m0/s1. The molecule has 0 aromatic heterocycles. The molecule has 0 unspecified atom stereocenters. The van der Waals surface area contributed by atoms with E-state index >= 15 is 0 Å². The third-order valence-electron chi connectivity index (χ3n) is 8.01. The zero-order valence-corrected chi connectivity index (χ0v) is 22.3. The zero-order valence-electron chi connectivity index (χ0n) is 22.3. The fraction of sp³-hybridized carbons (Fsp3) is 0.483. The van der Waals surface area contributed by atoms with E-state index in [9.17, 15) is 36.3 Å². The minimum absolute atomic E-state index is 0.0193. The number of nitrogens with one attached hydrogen (secondary N) is 1. The summed E-state index contributed by atoms with van der Waals surface area (Å²) < 4.78 is 67.3. The fourth-order valence-electron chi connectivity index (χ4n) is 5.90. The van der Waals surface area contributed by atoms with Gasteiger partial charge in [-0.2, -0.15) is 13.2 Å². The summed E-state index contributed by atoms with van der Waals surface area (Å²) in [7, 11) is 1.47. The number of carbonyl (C=O) groups is 3. The van der Waals surface area contributed by atoms with Crippen LogP contribution in [-0.2, 0) is 15.8 Å². The van der Waals surface area contributed by atoms with E-state index in [2.05, 4.69) is 5.32 Å². The maximum Gasteiger partial charge on any atom is 0.419 e. The first-order valence-electron chi connectivity index (χ1n) is 13.3. The van der Waals surface area contributed by atoms with Crippen LogP contribution in [0.3, 0.4) is 0 Å². The van der Waals surface area contributed by atoms with Gasteiger partial charge in [-0.05, 0) is 68.0 Å². The van der Waals surface area contributed by atoms with Gasteiger partial charge in [0.25, 0.3) is 5.91 Å². The minimum atomic E-state index is -4.96. The number of halogens is 5. The molecule has 1 aliphatic heterocycles. The molecule has 1 saturated carbocycles. The van der Waals surface area contributed by atoms with Gasteiger partial charge in [-0.3, -0.25) is 14.4 Å². The molecule has 2 atom stereocenters. The zero-order chi connectivity index (χ0) is 29.2. The summed E-state index contributed by atoms with van der Waals surface area (Å²) in [6, 6.07) is 7.43. The highest BCUT2D eigenvalue weighted by molar-refractivity contribution is 5.94. The van der Waals surface area contributed by atoms with Gasteiger partial charge in [-0.15, -0.1) is 0 Å². The molecule has 40 heavy (non-hydrogen) atoms. The van der Waals surface area contributed by atoms with E-state index < -0.39 is 41.2 Å². The van der Waals surface area contributed by atoms with Crippen molar-refractivity contribution in [3.63, 3.8) is 0 Å². The van der Waals surface area contributed by atoms with E-state index in [0.717, 1.165) is 6.07 Å². The van der Waals surface area contributed by atoms with Gasteiger partial charge in [0.2, 0.25) is 11.8 Å². The largest absolute Gasteiger partial charge is 0.419 e. The van der Waals surface area contributed by atoms with E-state index in [1.807, 2.05) is 0 Å². The van der Waals surface area contributed by atoms with Gasteiger partial charge in [0.1, 0.15) is 11.6 Å². The van der Waals surface area contributed by atoms with E-state index in [1.165, 1.54) is 31.0 Å².